The van der Waals surface area contributed by atoms with E-state index in [1.807, 2.05) is 0 Å². The molecule has 0 spiro atoms. The molecule has 0 atom stereocenters. The van der Waals surface area contributed by atoms with Crippen LogP contribution in [0.3, 0.4) is 0 Å². The van der Waals surface area contributed by atoms with E-state index in [0.717, 1.165) is 0 Å². The van der Waals surface area contributed by atoms with Crippen molar-refractivity contribution in [2.75, 3.05) is 5.73 Å². The van der Waals surface area contributed by atoms with Crippen molar-refractivity contribution in [2.45, 2.75) is 6.92 Å². The topological polar surface area (TPSA) is 89.6 Å². The molecule has 1 aromatic rings. The first-order valence-electron chi connectivity index (χ1n) is 3.82. The van der Waals surface area contributed by atoms with E-state index in [-0.39, 0.29) is 11.3 Å². The number of benzene rings is 1. The van der Waals surface area contributed by atoms with Crippen LogP contribution >= 0.6 is 0 Å². The van der Waals surface area contributed by atoms with Crippen LogP contribution < -0.4 is 10.5 Å². The number of rotatable bonds is 2. The summed E-state index contributed by atoms with van der Waals surface area (Å²) in [5, 5.41) is 8.76. The molecule has 74 valence electrons. The zero-order valence-corrected chi connectivity index (χ0v) is 7.48. The minimum Gasteiger partial charge on any atom is -0.478 e. The van der Waals surface area contributed by atoms with Crippen LogP contribution in [-0.2, 0) is 4.79 Å². The number of aromatic carboxylic acids is 1. The van der Waals surface area contributed by atoms with Gasteiger partial charge >= 0.3 is 11.9 Å². The Hall–Kier alpha value is -2.04. The summed E-state index contributed by atoms with van der Waals surface area (Å²) < 4.78 is 4.69. The maximum atomic E-state index is 10.7. The van der Waals surface area contributed by atoms with Gasteiger partial charge in [-0.3, -0.25) is 4.79 Å². The fraction of sp³-hybridized carbons (Fsp3) is 0.111. The van der Waals surface area contributed by atoms with Gasteiger partial charge in [0.15, 0.2) is 0 Å². The molecule has 3 N–H and O–H groups in total. The lowest BCUT2D eigenvalue weighted by Gasteiger charge is -2.05. The second-order valence-corrected chi connectivity index (χ2v) is 2.65. The van der Waals surface area contributed by atoms with Gasteiger partial charge in [0.25, 0.3) is 0 Å². The quantitative estimate of drug-likeness (QED) is 0.415. The molecular weight excluding hydrogens is 186 g/mol. The SMILES string of the molecule is CC(=O)Oc1ccc(N)cc1C(=O)O. The van der Waals surface area contributed by atoms with Gasteiger partial charge in [0.1, 0.15) is 11.3 Å². The maximum Gasteiger partial charge on any atom is 0.339 e. The van der Waals surface area contributed by atoms with Crippen molar-refractivity contribution < 1.29 is 19.4 Å². The van der Waals surface area contributed by atoms with Gasteiger partial charge in [-0.05, 0) is 18.2 Å². The van der Waals surface area contributed by atoms with Gasteiger partial charge in [0, 0.05) is 12.6 Å². The van der Waals surface area contributed by atoms with Crippen LogP contribution in [0.15, 0.2) is 18.2 Å². The summed E-state index contributed by atoms with van der Waals surface area (Å²) in [5.41, 5.74) is 5.57. The summed E-state index contributed by atoms with van der Waals surface area (Å²) in [6, 6.07) is 4.05. The number of nitrogens with two attached hydrogens (primary N) is 1. The molecular formula is C9H9NO4. The molecule has 0 saturated heterocycles. The van der Waals surface area contributed by atoms with E-state index >= 15 is 0 Å². The molecule has 0 bridgehead atoms. The third-order valence-corrected chi connectivity index (χ3v) is 1.49. The number of carbonyl (C=O) groups is 2. The highest BCUT2D eigenvalue weighted by molar-refractivity contribution is 5.93. The second-order valence-electron chi connectivity index (χ2n) is 2.65. The van der Waals surface area contributed by atoms with E-state index in [4.69, 9.17) is 10.8 Å². The highest BCUT2D eigenvalue weighted by atomic mass is 16.5. The molecule has 0 saturated carbocycles. The summed E-state index contributed by atoms with van der Waals surface area (Å²) >= 11 is 0. The number of hydrogen-bond acceptors (Lipinski definition) is 4. The van der Waals surface area contributed by atoms with Crippen molar-refractivity contribution in [1.82, 2.24) is 0 Å². The Kier molecular flexibility index (Phi) is 2.71. The minimum absolute atomic E-state index is 0.000741. The normalized spacial score (nSPS) is 9.50. The van der Waals surface area contributed by atoms with Crippen molar-refractivity contribution in [3.05, 3.63) is 23.8 Å². The molecule has 0 radical (unpaired) electrons. The lowest BCUT2D eigenvalue weighted by atomic mass is 10.2. The summed E-state index contributed by atoms with van der Waals surface area (Å²) in [5.74, 6) is -1.76. The zero-order valence-electron chi connectivity index (χ0n) is 7.48. The molecule has 5 nitrogen and oxygen atoms in total. The Morgan fingerprint density at radius 1 is 1.43 bits per heavy atom. The van der Waals surface area contributed by atoms with Gasteiger partial charge in [-0.15, -0.1) is 0 Å². The fourth-order valence-electron chi connectivity index (χ4n) is 0.959. The molecule has 0 heterocycles. The Labute approximate surface area is 80.1 Å². The molecule has 0 fully saturated rings. The molecule has 0 aromatic heterocycles. The van der Waals surface area contributed by atoms with Crippen molar-refractivity contribution >= 4 is 17.6 Å². The Morgan fingerprint density at radius 2 is 2.07 bits per heavy atom. The average molecular weight is 195 g/mol. The highest BCUT2D eigenvalue weighted by Gasteiger charge is 2.12. The van der Waals surface area contributed by atoms with Crippen molar-refractivity contribution in [3.63, 3.8) is 0 Å². The van der Waals surface area contributed by atoms with Crippen LogP contribution in [0.4, 0.5) is 5.69 Å². The van der Waals surface area contributed by atoms with Crippen LogP contribution in [0, 0.1) is 0 Å². The first-order chi connectivity index (χ1) is 6.50. The lowest BCUT2D eigenvalue weighted by molar-refractivity contribution is -0.131. The monoisotopic (exact) mass is 195 g/mol. The molecule has 0 amide bonds. The molecule has 0 aliphatic carbocycles. The number of ether oxygens (including phenoxy) is 1. The molecule has 14 heavy (non-hydrogen) atoms. The van der Waals surface area contributed by atoms with E-state index in [2.05, 4.69) is 4.74 Å². The van der Waals surface area contributed by atoms with E-state index in [9.17, 15) is 9.59 Å². The standard InChI is InChI=1S/C9H9NO4/c1-5(11)14-8-3-2-6(10)4-7(8)9(12)13/h2-4H,10H2,1H3,(H,12,13). The van der Waals surface area contributed by atoms with Crippen LogP contribution in [0.5, 0.6) is 5.75 Å². The molecule has 0 unspecified atom stereocenters. The predicted molar refractivity (Wildman–Crippen MR) is 49.1 cm³/mol. The molecule has 1 aromatic carbocycles. The first kappa shape index (κ1) is 10.0. The fourth-order valence-corrected chi connectivity index (χ4v) is 0.959. The predicted octanol–water partition coefficient (Wildman–Crippen LogP) is 0.892. The van der Waals surface area contributed by atoms with Crippen LogP contribution in [0.2, 0.25) is 0 Å². The molecule has 1 rings (SSSR count). The Bertz CT molecular complexity index is 386. The summed E-state index contributed by atoms with van der Waals surface area (Å²) in [7, 11) is 0. The third kappa shape index (κ3) is 2.22. The first-order valence-corrected chi connectivity index (χ1v) is 3.82. The zero-order chi connectivity index (χ0) is 10.7. The Morgan fingerprint density at radius 3 is 2.57 bits per heavy atom. The number of nitrogen functional groups attached to an aromatic ring is 1. The number of anilines is 1. The average Bonchev–Trinajstić information content (AvgIpc) is 2.07. The van der Waals surface area contributed by atoms with Crippen molar-refractivity contribution in [2.24, 2.45) is 0 Å². The van der Waals surface area contributed by atoms with E-state index in [0.29, 0.717) is 5.69 Å². The van der Waals surface area contributed by atoms with Gasteiger partial charge in [0.2, 0.25) is 0 Å². The molecule has 5 heteroatoms. The summed E-state index contributed by atoms with van der Waals surface area (Å²) in [6.07, 6.45) is 0. The third-order valence-electron chi connectivity index (χ3n) is 1.49. The van der Waals surface area contributed by atoms with Gasteiger partial charge in [-0.1, -0.05) is 0 Å². The number of carboxylic acids is 1. The smallest absolute Gasteiger partial charge is 0.339 e. The van der Waals surface area contributed by atoms with Gasteiger partial charge in [-0.25, -0.2) is 4.79 Å². The van der Waals surface area contributed by atoms with Crippen LogP contribution in [0.1, 0.15) is 17.3 Å². The highest BCUT2D eigenvalue weighted by Crippen LogP contribution is 2.21. The number of esters is 1. The van der Waals surface area contributed by atoms with E-state index < -0.39 is 11.9 Å². The van der Waals surface area contributed by atoms with Crippen LogP contribution in [0.25, 0.3) is 0 Å². The summed E-state index contributed by atoms with van der Waals surface area (Å²) in [4.78, 5) is 21.3. The second kappa shape index (κ2) is 3.78. The minimum atomic E-state index is -1.19. The van der Waals surface area contributed by atoms with Crippen molar-refractivity contribution in [3.8, 4) is 5.75 Å². The molecule has 0 aliphatic heterocycles. The number of carbonyl (C=O) groups excluding carboxylic acids is 1. The maximum absolute atomic E-state index is 10.7. The molecule has 0 aliphatic rings. The van der Waals surface area contributed by atoms with Crippen molar-refractivity contribution in [1.29, 1.82) is 0 Å². The van der Waals surface area contributed by atoms with Gasteiger partial charge in [0.05, 0.1) is 0 Å². The van der Waals surface area contributed by atoms with Gasteiger partial charge < -0.3 is 15.6 Å². The summed E-state index contributed by atoms with van der Waals surface area (Å²) in [6.45, 7) is 1.20. The van der Waals surface area contributed by atoms with E-state index in [1.165, 1.54) is 25.1 Å². The lowest BCUT2D eigenvalue weighted by Crippen LogP contribution is -2.07. The largest absolute Gasteiger partial charge is 0.478 e. The number of carboxylic acid groups (broad SMARTS) is 1. The van der Waals surface area contributed by atoms with Crippen LogP contribution in [-0.4, -0.2) is 17.0 Å². The van der Waals surface area contributed by atoms with Gasteiger partial charge in [-0.2, -0.15) is 0 Å². The van der Waals surface area contributed by atoms with E-state index in [1.54, 1.807) is 0 Å². The Balaban J connectivity index is 3.14. The number of hydrogen-bond donors (Lipinski definition) is 2.